The van der Waals surface area contributed by atoms with Crippen LogP contribution in [0.4, 0.5) is 4.39 Å². The summed E-state index contributed by atoms with van der Waals surface area (Å²) in [5.74, 6) is 1.73. The van der Waals surface area contributed by atoms with Crippen LogP contribution in [-0.4, -0.2) is 29.7 Å². The fraction of sp³-hybridized carbons (Fsp3) is 0.286. The average Bonchev–Trinajstić information content (AvgIpc) is 3.21. The first kappa shape index (κ1) is 19.5. The second kappa shape index (κ2) is 9.64. The van der Waals surface area contributed by atoms with Gasteiger partial charge in [-0.15, -0.1) is 0 Å². The van der Waals surface area contributed by atoms with Crippen LogP contribution in [0.1, 0.15) is 23.9 Å². The van der Waals surface area contributed by atoms with E-state index < -0.39 is 0 Å². The first-order valence-corrected chi connectivity index (χ1v) is 9.28. The molecule has 0 amide bonds. The maximum absolute atomic E-state index is 13.0. The van der Waals surface area contributed by atoms with Crippen LogP contribution in [-0.2, 0) is 19.4 Å². The molecule has 0 fully saturated rings. The number of aliphatic imine (C=N–C) groups is 1. The second-order valence-electron chi connectivity index (χ2n) is 6.30. The third-order valence-electron chi connectivity index (χ3n) is 4.29. The van der Waals surface area contributed by atoms with Gasteiger partial charge in [-0.05, 0) is 41.8 Å². The van der Waals surface area contributed by atoms with Crippen molar-refractivity contribution >= 4 is 5.96 Å². The van der Waals surface area contributed by atoms with E-state index in [0.717, 1.165) is 30.5 Å². The molecular weight excluding hydrogens is 357 g/mol. The standard InChI is InChI=1S/C21H24FN5O/c1-3-19-26-20(28-27-19)17-8-4-15(5-9-17)12-13-24-21(23-2)25-14-16-6-10-18(22)11-7-16/h4-11H,3,12-14H2,1-2H3,(H2,23,24,25). The van der Waals surface area contributed by atoms with Crippen molar-refractivity contribution in [3.63, 3.8) is 0 Å². The van der Waals surface area contributed by atoms with E-state index in [1.165, 1.54) is 17.7 Å². The summed E-state index contributed by atoms with van der Waals surface area (Å²) in [5, 5.41) is 10.4. The van der Waals surface area contributed by atoms with Crippen molar-refractivity contribution < 1.29 is 8.91 Å². The third kappa shape index (κ3) is 5.39. The molecule has 0 spiro atoms. The topological polar surface area (TPSA) is 75.3 Å². The van der Waals surface area contributed by atoms with Crippen molar-refractivity contribution in [1.82, 2.24) is 20.8 Å². The molecule has 0 aliphatic rings. The van der Waals surface area contributed by atoms with Gasteiger partial charge in [0.2, 0.25) is 0 Å². The first-order chi connectivity index (χ1) is 13.7. The highest BCUT2D eigenvalue weighted by molar-refractivity contribution is 5.79. The molecule has 0 saturated carbocycles. The molecule has 6 nitrogen and oxygen atoms in total. The Morgan fingerprint density at radius 3 is 2.39 bits per heavy atom. The molecule has 0 atom stereocenters. The molecule has 0 aliphatic carbocycles. The summed E-state index contributed by atoms with van der Waals surface area (Å²) in [7, 11) is 1.73. The lowest BCUT2D eigenvalue weighted by atomic mass is 10.1. The molecule has 0 unspecified atom stereocenters. The molecule has 1 heterocycles. The first-order valence-electron chi connectivity index (χ1n) is 9.28. The number of nitrogens with one attached hydrogen (secondary N) is 2. The molecule has 28 heavy (non-hydrogen) atoms. The van der Waals surface area contributed by atoms with Crippen LogP contribution in [0.3, 0.4) is 0 Å². The van der Waals surface area contributed by atoms with Gasteiger partial charge in [-0.1, -0.05) is 36.3 Å². The average molecular weight is 381 g/mol. The Morgan fingerprint density at radius 1 is 1.04 bits per heavy atom. The number of nitrogens with zero attached hydrogens (tertiary/aromatic N) is 3. The lowest BCUT2D eigenvalue weighted by molar-refractivity contribution is 0.423. The van der Waals surface area contributed by atoms with Gasteiger partial charge in [0.1, 0.15) is 5.82 Å². The number of rotatable bonds is 7. The van der Waals surface area contributed by atoms with E-state index in [9.17, 15) is 4.39 Å². The maximum Gasteiger partial charge on any atom is 0.257 e. The summed E-state index contributed by atoms with van der Waals surface area (Å²) in [6.45, 7) is 3.31. The number of guanidine groups is 1. The van der Waals surface area contributed by atoms with Crippen LogP contribution in [0, 0.1) is 5.82 Å². The predicted octanol–water partition coefficient (Wildman–Crippen LogP) is 3.35. The highest BCUT2D eigenvalue weighted by atomic mass is 19.1. The Labute approximate surface area is 163 Å². The van der Waals surface area contributed by atoms with E-state index in [4.69, 9.17) is 4.52 Å². The molecule has 2 N–H and O–H groups in total. The van der Waals surface area contributed by atoms with Crippen molar-refractivity contribution in [3.05, 3.63) is 71.3 Å². The van der Waals surface area contributed by atoms with E-state index in [2.05, 4.69) is 37.9 Å². The van der Waals surface area contributed by atoms with E-state index in [0.29, 0.717) is 24.2 Å². The fourth-order valence-corrected chi connectivity index (χ4v) is 2.66. The molecule has 146 valence electrons. The Bertz CT molecular complexity index is 903. The van der Waals surface area contributed by atoms with Gasteiger partial charge in [-0.3, -0.25) is 4.99 Å². The SMILES string of the molecule is CCc1noc(-c2ccc(CCNC(=NC)NCc3ccc(F)cc3)cc2)n1. The number of hydrogen-bond acceptors (Lipinski definition) is 4. The lowest BCUT2D eigenvalue weighted by Gasteiger charge is -2.12. The second-order valence-corrected chi connectivity index (χ2v) is 6.30. The highest BCUT2D eigenvalue weighted by Crippen LogP contribution is 2.18. The molecule has 0 radical (unpaired) electrons. The number of benzene rings is 2. The van der Waals surface area contributed by atoms with Crippen LogP contribution in [0.15, 0.2) is 58.0 Å². The lowest BCUT2D eigenvalue weighted by Crippen LogP contribution is -2.37. The van der Waals surface area contributed by atoms with Crippen molar-refractivity contribution in [1.29, 1.82) is 0 Å². The Morgan fingerprint density at radius 2 is 1.75 bits per heavy atom. The van der Waals surface area contributed by atoms with Gasteiger partial charge < -0.3 is 15.2 Å². The predicted molar refractivity (Wildman–Crippen MR) is 107 cm³/mol. The van der Waals surface area contributed by atoms with Crippen LogP contribution in [0.2, 0.25) is 0 Å². The summed E-state index contributed by atoms with van der Waals surface area (Å²) in [6.07, 6.45) is 1.60. The van der Waals surface area contributed by atoms with Gasteiger partial charge in [0.15, 0.2) is 11.8 Å². The van der Waals surface area contributed by atoms with Crippen molar-refractivity contribution in [3.8, 4) is 11.5 Å². The number of aryl methyl sites for hydroxylation is 1. The van der Waals surface area contributed by atoms with Gasteiger partial charge in [-0.25, -0.2) is 4.39 Å². The van der Waals surface area contributed by atoms with Gasteiger partial charge in [-0.2, -0.15) is 4.98 Å². The summed E-state index contributed by atoms with van der Waals surface area (Å²) in [6, 6.07) is 14.5. The van der Waals surface area contributed by atoms with Crippen LogP contribution in [0.25, 0.3) is 11.5 Å². The monoisotopic (exact) mass is 381 g/mol. The molecule has 3 rings (SSSR count). The molecule has 0 bridgehead atoms. The van der Waals surface area contributed by atoms with Gasteiger partial charge >= 0.3 is 0 Å². The minimum absolute atomic E-state index is 0.234. The van der Waals surface area contributed by atoms with Crippen LogP contribution < -0.4 is 10.6 Å². The largest absolute Gasteiger partial charge is 0.356 e. The fourth-order valence-electron chi connectivity index (χ4n) is 2.66. The Balaban J connectivity index is 1.46. The molecule has 7 heteroatoms. The zero-order chi connectivity index (χ0) is 19.8. The smallest absolute Gasteiger partial charge is 0.257 e. The summed E-state index contributed by atoms with van der Waals surface area (Å²) in [5.41, 5.74) is 3.10. The Kier molecular flexibility index (Phi) is 6.73. The molecule has 0 saturated heterocycles. The molecule has 3 aromatic rings. The van der Waals surface area contributed by atoms with E-state index in [1.807, 2.05) is 19.1 Å². The van der Waals surface area contributed by atoms with Gasteiger partial charge in [0.25, 0.3) is 5.89 Å². The summed E-state index contributed by atoms with van der Waals surface area (Å²) in [4.78, 5) is 8.55. The highest BCUT2D eigenvalue weighted by Gasteiger charge is 2.07. The molecule has 1 aromatic heterocycles. The zero-order valence-corrected chi connectivity index (χ0v) is 16.1. The summed E-state index contributed by atoms with van der Waals surface area (Å²) >= 11 is 0. The zero-order valence-electron chi connectivity index (χ0n) is 16.1. The molecular formula is C21H24FN5O. The number of hydrogen-bond donors (Lipinski definition) is 2. The van der Waals surface area contributed by atoms with Gasteiger partial charge in [0, 0.05) is 32.1 Å². The number of aromatic nitrogens is 2. The number of halogens is 1. The molecule has 0 aliphatic heterocycles. The quantitative estimate of drug-likeness (QED) is 0.485. The van der Waals surface area contributed by atoms with Crippen molar-refractivity contribution in [2.75, 3.05) is 13.6 Å². The van der Waals surface area contributed by atoms with Gasteiger partial charge in [0.05, 0.1) is 0 Å². The Hall–Kier alpha value is -3.22. The molecule has 2 aromatic carbocycles. The van der Waals surface area contributed by atoms with Crippen molar-refractivity contribution in [2.45, 2.75) is 26.3 Å². The van der Waals surface area contributed by atoms with E-state index in [1.54, 1.807) is 19.2 Å². The van der Waals surface area contributed by atoms with Crippen LogP contribution >= 0.6 is 0 Å². The minimum Gasteiger partial charge on any atom is -0.356 e. The van der Waals surface area contributed by atoms with Crippen molar-refractivity contribution in [2.24, 2.45) is 4.99 Å². The third-order valence-corrected chi connectivity index (χ3v) is 4.29. The maximum atomic E-state index is 13.0. The summed E-state index contributed by atoms with van der Waals surface area (Å²) < 4.78 is 18.2. The minimum atomic E-state index is -0.234. The van der Waals surface area contributed by atoms with Crippen LogP contribution in [0.5, 0.6) is 0 Å². The van der Waals surface area contributed by atoms with E-state index in [-0.39, 0.29) is 5.82 Å². The normalized spacial score (nSPS) is 11.5. The van der Waals surface area contributed by atoms with E-state index >= 15 is 0 Å².